The number of halogens is 1. The van der Waals surface area contributed by atoms with E-state index in [2.05, 4.69) is 6.07 Å². The Hall–Kier alpha value is 0.915. The Balaban J connectivity index is -0.000000270. The summed E-state index contributed by atoms with van der Waals surface area (Å²) in [5, 5.41) is 8.35. The molecule has 2 nitrogen and oxygen atoms in total. The van der Waals surface area contributed by atoms with Crippen molar-refractivity contribution in [3.63, 3.8) is 0 Å². The number of benzene rings is 1. The summed E-state index contributed by atoms with van der Waals surface area (Å²) < 4.78 is 0. The molecule has 12 heavy (non-hydrogen) atoms. The van der Waals surface area contributed by atoms with E-state index in [4.69, 9.17) is 5.11 Å². The molecule has 0 bridgehead atoms. The molecule has 0 heterocycles. The molecule has 0 aliphatic carbocycles. The zero-order valence-corrected chi connectivity index (χ0v) is 15.0. The SMILES string of the molecule is O=C(O)c1[c-]cccc1.[Cl-].[Hg+].[Na+]. The predicted octanol–water partition coefficient (Wildman–Crippen LogP) is -4.81. The van der Waals surface area contributed by atoms with Gasteiger partial charge in [0.05, 0.1) is 0 Å². The normalized spacial score (nSPS) is 6.67. The fourth-order valence-corrected chi connectivity index (χ4v) is 0.526. The average molecular weight is 380 g/mol. The van der Waals surface area contributed by atoms with Gasteiger partial charge in [0.15, 0.2) is 0 Å². The summed E-state index contributed by atoms with van der Waals surface area (Å²) in [6, 6.07) is 9.04. The summed E-state index contributed by atoms with van der Waals surface area (Å²) in [5.41, 5.74) is 0.206. The first-order valence-electron chi connectivity index (χ1n) is 2.51. The van der Waals surface area contributed by atoms with Gasteiger partial charge in [-0.25, -0.2) is 0 Å². The first-order valence-corrected chi connectivity index (χ1v) is 2.51. The summed E-state index contributed by atoms with van der Waals surface area (Å²) in [4.78, 5) is 10.2. The molecule has 0 amide bonds. The number of hydrogen-bond donors (Lipinski definition) is 1. The second-order valence-corrected chi connectivity index (χ2v) is 1.58. The monoisotopic (exact) mass is 381 g/mol. The van der Waals surface area contributed by atoms with Gasteiger partial charge in [-0.05, 0) is 0 Å². The van der Waals surface area contributed by atoms with Crippen LogP contribution in [0.4, 0.5) is 0 Å². The maximum atomic E-state index is 10.2. The Labute approximate surface area is 120 Å². The van der Waals surface area contributed by atoms with Crippen molar-refractivity contribution in [2.75, 3.05) is 0 Å². The molecule has 5 heteroatoms. The van der Waals surface area contributed by atoms with Crippen molar-refractivity contribution in [2.24, 2.45) is 0 Å². The number of carboxylic acid groups (broad SMARTS) is 1. The second-order valence-electron chi connectivity index (χ2n) is 1.58. The Morgan fingerprint density at radius 3 is 2.25 bits per heavy atom. The average Bonchev–Trinajstić information content (AvgIpc) is 1.90. The molecule has 1 aromatic rings. The Bertz CT molecular complexity index is 218. The standard InChI is InChI=1S/C7H5O2.ClH.Hg.Na/c8-7(9)6-4-2-1-3-5-6;;;/h1-4H,(H,8,9);1H;;/q-1;;2*+1/p-1. The van der Waals surface area contributed by atoms with E-state index in [1.165, 1.54) is 6.07 Å². The smallest absolute Gasteiger partial charge is 1.00 e. The Morgan fingerprint density at radius 2 is 2.00 bits per heavy atom. The van der Waals surface area contributed by atoms with Crippen LogP contribution >= 0.6 is 0 Å². The number of carbonyl (C=O) groups is 1. The molecule has 1 radical (unpaired) electrons. The Kier molecular flexibility index (Phi) is 15.5. The van der Waals surface area contributed by atoms with Gasteiger partial charge < -0.3 is 22.3 Å². The number of hydrogen-bond acceptors (Lipinski definition) is 1. The van der Waals surface area contributed by atoms with Crippen molar-refractivity contribution < 1.29 is 79.5 Å². The third-order valence-corrected chi connectivity index (χ3v) is 0.939. The molecule has 1 N–H and O–H groups in total. The minimum Gasteiger partial charge on any atom is -1.00 e. The summed E-state index contributed by atoms with van der Waals surface area (Å²) in [6.45, 7) is 0. The third-order valence-electron chi connectivity index (χ3n) is 0.939. The van der Waals surface area contributed by atoms with Crippen LogP contribution in [0.2, 0.25) is 0 Å². The van der Waals surface area contributed by atoms with Crippen molar-refractivity contribution in [1.29, 1.82) is 0 Å². The van der Waals surface area contributed by atoms with Gasteiger partial charge >= 0.3 is 57.2 Å². The first-order chi connectivity index (χ1) is 4.30. The molecular weight excluding hydrogens is 375 g/mol. The summed E-state index contributed by atoms with van der Waals surface area (Å²) in [5.74, 6) is -0.935. The zero-order valence-electron chi connectivity index (χ0n) is 6.75. The summed E-state index contributed by atoms with van der Waals surface area (Å²) >= 11 is 0. The molecule has 0 unspecified atom stereocenters. The van der Waals surface area contributed by atoms with Crippen LogP contribution in [0.1, 0.15) is 10.4 Å². The van der Waals surface area contributed by atoms with Gasteiger partial charge in [-0.15, -0.1) is 30.3 Å². The van der Waals surface area contributed by atoms with Crippen molar-refractivity contribution in [3.8, 4) is 0 Å². The predicted molar refractivity (Wildman–Crippen MR) is 32.2 cm³/mol. The molecule has 0 saturated heterocycles. The fraction of sp³-hybridized carbons (Fsp3) is 0. The molecule has 1 aromatic carbocycles. The fourth-order valence-electron chi connectivity index (χ4n) is 0.526. The van der Waals surface area contributed by atoms with E-state index < -0.39 is 5.97 Å². The molecule has 0 aromatic heterocycles. The minimum atomic E-state index is -0.935. The van der Waals surface area contributed by atoms with Crippen LogP contribution < -0.4 is 42.0 Å². The van der Waals surface area contributed by atoms with E-state index in [0.717, 1.165) is 0 Å². The van der Waals surface area contributed by atoms with Crippen LogP contribution in [0.15, 0.2) is 24.3 Å². The van der Waals surface area contributed by atoms with Crippen LogP contribution in [-0.2, 0) is 27.7 Å². The van der Waals surface area contributed by atoms with E-state index in [9.17, 15) is 4.79 Å². The summed E-state index contributed by atoms with van der Waals surface area (Å²) in [7, 11) is 0. The van der Waals surface area contributed by atoms with Crippen LogP contribution in [0.5, 0.6) is 0 Å². The van der Waals surface area contributed by atoms with Gasteiger partial charge in [0.25, 0.3) is 0 Å². The largest absolute Gasteiger partial charge is 1.00 e. The van der Waals surface area contributed by atoms with E-state index in [1.54, 1.807) is 18.2 Å². The molecule has 1 rings (SSSR count). The zero-order chi connectivity index (χ0) is 6.69. The van der Waals surface area contributed by atoms with Gasteiger partial charge in [0, 0.05) is 0 Å². The van der Waals surface area contributed by atoms with Gasteiger partial charge in [-0.3, -0.25) is 0 Å². The van der Waals surface area contributed by atoms with E-state index in [-0.39, 0.29) is 75.2 Å². The molecule has 0 atom stereocenters. The first kappa shape index (κ1) is 18.7. The molecule has 0 aliphatic heterocycles. The number of rotatable bonds is 1. The number of aromatic carboxylic acids is 1. The van der Waals surface area contributed by atoms with Crippen LogP contribution in [0, 0.1) is 6.07 Å². The molecule has 0 saturated carbocycles. The molecular formula is C7H5ClHgNaO2. The van der Waals surface area contributed by atoms with Crippen LogP contribution in [0.25, 0.3) is 0 Å². The van der Waals surface area contributed by atoms with E-state index in [1.807, 2.05) is 0 Å². The van der Waals surface area contributed by atoms with Crippen molar-refractivity contribution >= 4 is 5.97 Å². The molecule has 0 spiro atoms. The van der Waals surface area contributed by atoms with Crippen molar-refractivity contribution in [2.45, 2.75) is 0 Å². The van der Waals surface area contributed by atoms with Crippen molar-refractivity contribution in [1.82, 2.24) is 0 Å². The van der Waals surface area contributed by atoms with Gasteiger partial charge in [0.1, 0.15) is 0 Å². The summed E-state index contributed by atoms with van der Waals surface area (Å²) in [6.07, 6.45) is 0. The van der Waals surface area contributed by atoms with E-state index in [0.29, 0.717) is 0 Å². The third kappa shape index (κ3) is 6.43. The quantitative estimate of drug-likeness (QED) is 0.393. The Morgan fingerprint density at radius 1 is 1.42 bits per heavy atom. The molecule has 0 fully saturated rings. The maximum absolute atomic E-state index is 10.2. The van der Waals surface area contributed by atoms with Crippen LogP contribution in [0.3, 0.4) is 0 Å². The topological polar surface area (TPSA) is 37.3 Å². The molecule has 0 aliphatic rings. The van der Waals surface area contributed by atoms with Crippen molar-refractivity contribution in [3.05, 3.63) is 35.9 Å². The minimum absolute atomic E-state index is 0. The molecule has 55 valence electrons. The van der Waals surface area contributed by atoms with Gasteiger partial charge in [-0.2, -0.15) is 0 Å². The second kappa shape index (κ2) is 10.00. The maximum Gasteiger partial charge on any atom is 1.00 e. The van der Waals surface area contributed by atoms with Gasteiger partial charge in [-0.1, -0.05) is 5.56 Å². The van der Waals surface area contributed by atoms with Gasteiger partial charge in [0.2, 0.25) is 5.97 Å². The van der Waals surface area contributed by atoms with Crippen LogP contribution in [-0.4, -0.2) is 11.1 Å². The van der Waals surface area contributed by atoms with E-state index >= 15 is 0 Å². The number of carboxylic acids is 1.